The van der Waals surface area contributed by atoms with Crippen LogP contribution in [0.25, 0.3) is 0 Å². The normalized spacial score (nSPS) is 16.9. The van der Waals surface area contributed by atoms with Gasteiger partial charge in [0.25, 0.3) is 0 Å². The second kappa shape index (κ2) is 8.66. The fraction of sp³-hybridized carbons (Fsp3) is 0.562. The van der Waals surface area contributed by atoms with Gasteiger partial charge in [0.05, 0.1) is 5.54 Å². The van der Waals surface area contributed by atoms with E-state index in [0.29, 0.717) is 6.54 Å². The lowest BCUT2D eigenvalue weighted by atomic mass is 9.82. The highest BCUT2D eigenvalue weighted by Gasteiger charge is 2.34. The predicted molar refractivity (Wildman–Crippen MR) is 92.2 cm³/mol. The summed E-state index contributed by atoms with van der Waals surface area (Å²) in [4.78, 5) is 13.4. The van der Waals surface area contributed by atoms with Gasteiger partial charge in [-0.25, -0.2) is 0 Å². The third-order valence-electron chi connectivity index (χ3n) is 3.88. The minimum absolute atomic E-state index is 0. The first kappa shape index (κ1) is 18.3. The molecule has 1 saturated carbocycles. The Morgan fingerprint density at radius 1 is 1.24 bits per heavy atom. The van der Waals surface area contributed by atoms with Crippen molar-refractivity contribution in [2.45, 2.75) is 49.5 Å². The van der Waals surface area contributed by atoms with Gasteiger partial charge in [-0.05, 0) is 31.9 Å². The van der Waals surface area contributed by atoms with E-state index in [1.165, 1.54) is 16.9 Å². The zero-order valence-corrected chi connectivity index (χ0v) is 14.2. The highest BCUT2D eigenvalue weighted by atomic mass is 35.5. The van der Waals surface area contributed by atoms with E-state index < -0.39 is 5.54 Å². The van der Waals surface area contributed by atoms with Gasteiger partial charge >= 0.3 is 0 Å². The van der Waals surface area contributed by atoms with Gasteiger partial charge in [-0.3, -0.25) is 4.79 Å². The van der Waals surface area contributed by atoms with Crippen LogP contribution >= 0.6 is 24.2 Å². The molecule has 0 unspecified atom stereocenters. The summed E-state index contributed by atoms with van der Waals surface area (Å²) in [6.45, 7) is 2.76. The maximum absolute atomic E-state index is 12.1. The van der Waals surface area contributed by atoms with Crippen molar-refractivity contribution in [3.8, 4) is 0 Å². The van der Waals surface area contributed by atoms with Gasteiger partial charge in [0.1, 0.15) is 0 Å². The lowest BCUT2D eigenvalue weighted by molar-refractivity contribution is -0.127. The van der Waals surface area contributed by atoms with Gasteiger partial charge in [0.2, 0.25) is 5.91 Å². The standard InChI is InChI=1S/C16H24N2OS.ClH/c1-13-5-7-14(8-6-13)20-12-11-18-15(19)16(17)9-3-2-4-10-16;/h5-8H,2-4,9-12,17H2,1H3,(H,18,19);1H. The molecule has 21 heavy (non-hydrogen) atoms. The zero-order chi connectivity index (χ0) is 14.4. The highest BCUT2D eigenvalue weighted by molar-refractivity contribution is 7.99. The first-order valence-corrected chi connectivity index (χ1v) is 8.35. The van der Waals surface area contributed by atoms with Crippen LogP contribution in [0, 0.1) is 6.92 Å². The monoisotopic (exact) mass is 328 g/mol. The average Bonchev–Trinajstić information content (AvgIpc) is 2.46. The second-order valence-electron chi connectivity index (χ2n) is 5.63. The molecule has 1 aromatic carbocycles. The van der Waals surface area contributed by atoms with Gasteiger partial charge in [0, 0.05) is 17.2 Å². The molecule has 0 aromatic heterocycles. The van der Waals surface area contributed by atoms with Crippen LogP contribution in [0.4, 0.5) is 0 Å². The third-order valence-corrected chi connectivity index (χ3v) is 4.89. The smallest absolute Gasteiger partial charge is 0.240 e. The molecule has 0 atom stereocenters. The van der Waals surface area contributed by atoms with Crippen molar-refractivity contribution in [3.05, 3.63) is 29.8 Å². The van der Waals surface area contributed by atoms with Gasteiger partial charge in [0.15, 0.2) is 0 Å². The number of hydrogen-bond acceptors (Lipinski definition) is 3. The lowest BCUT2D eigenvalue weighted by Gasteiger charge is -2.31. The Balaban J connectivity index is 0.00000220. The number of carbonyl (C=O) groups excluding carboxylic acids is 1. The minimum atomic E-state index is -0.618. The van der Waals surface area contributed by atoms with Crippen LogP contribution in [-0.4, -0.2) is 23.7 Å². The summed E-state index contributed by atoms with van der Waals surface area (Å²) in [6, 6.07) is 8.45. The van der Waals surface area contributed by atoms with E-state index in [0.717, 1.165) is 31.4 Å². The van der Waals surface area contributed by atoms with Gasteiger partial charge in [-0.2, -0.15) is 0 Å². The summed E-state index contributed by atoms with van der Waals surface area (Å²) in [7, 11) is 0. The Kier molecular flexibility index (Phi) is 7.57. The van der Waals surface area contributed by atoms with Crippen molar-refractivity contribution >= 4 is 30.1 Å². The van der Waals surface area contributed by atoms with Crippen molar-refractivity contribution in [1.82, 2.24) is 5.32 Å². The molecule has 118 valence electrons. The summed E-state index contributed by atoms with van der Waals surface area (Å²) in [6.07, 6.45) is 4.99. The predicted octanol–water partition coefficient (Wildman–Crippen LogP) is 3.29. The van der Waals surface area contributed by atoms with Crippen molar-refractivity contribution in [2.75, 3.05) is 12.3 Å². The fourth-order valence-corrected chi connectivity index (χ4v) is 3.32. The molecule has 1 aliphatic carbocycles. The molecule has 1 amide bonds. The van der Waals surface area contributed by atoms with Crippen molar-refractivity contribution in [1.29, 1.82) is 0 Å². The molecule has 3 N–H and O–H groups in total. The highest BCUT2D eigenvalue weighted by Crippen LogP contribution is 2.26. The van der Waals surface area contributed by atoms with Gasteiger partial charge in [-0.1, -0.05) is 37.0 Å². The van der Waals surface area contributed by atoms with Crippen molar-refractivity contribution in [2.24, 2.45) is 5.73 Å². The largest absolute Gasteiger partial charge is 0.354 e. The molecule has 0 spiro atoms. The first-order chi connectivity index (χ1) is 9.60. The number of rotatable bonds is 5. The number of carbonyl (C=O) groups is 1. The molecule has 0 aliphatic heterocycles. The summed E-state index contributed by atoms with van der Waals surface area (Å²) in [5, 5.41) is 2.99. The number of aryl methyl sites for hydroxylation is 1. The Bertz CT molecular complexity index is 444. The Labute approximate surface area is 137 Å². The number of thioether (sulfide) groups is 1. The van der Waals surface area contributed by atoms with E-state index in [4.69, 9.17) is 5.73 Å². The average molecular weight is 329 g/mol. The van der Waals surface area contributed by atoms with E-state index >= 15 is 0 Å². The molecule has 0 radical (unpaired) electrons. The minimum Gasteiger partial charge on any atom is -0.354 e. The number of nitrogens with two attached hydrogens (primary N) is 1. The zero-order valence-electron chi connectivity index (χ0n) is 12.6. The summed E-state index contributed by atoms with van der Waals surface area (Å²) in [5.74, 6) is 0.909. The number of hydrogen-bond donors (Lipinski definition) is 2. The quantitative estimate of drug-likeness (QED) is 0.644. The van der Waals surface area contributed by atoms with Crippen LogP contribution in [0.1, 0.15) is 37.7 Å². The van der Waals surface area contributed by atoms with Gasteiger partial charge in [-0.15, -0.1) is 24.2 Å². The number of benzene rings is 1. The van der Waals surface area contributed by atoms with Crippen LogP contribution in [0.2, 0.25) is 0 Å². The molecule has 1 fully saturated rings. The van der Waals surface area contributed by atoms with Gasteiger partial charge < -0.3 is 11.1 Å². The topological polar surface area (TPSA) is 55.1 Å². The maximum Gasteiger partial charge on any atom is 0.240 e. The summed E-state index contributed by atoms with van der Waals surface area (Å²) < 4.78 is 0. The third kappa shape index (κ3) is 5.53. The molecule has 1 aromatic rings. The van der Waals surface area contributed by atoms with Crippen LogP contribution in [0.15, 0.2) is 29.2 Å². The number of halogens is 1. The molecule has 0 heterocycles. The molecule has 0 bridgehead atoms. The second-order valence-corrected chi connectivity index (χ2v) is 6.80. The molecular weight excluding hydrogens is 304 g/mol. The Morgan fingerprint density at radius 3 is 2.48 bits per heavy atom. The van der Waals surface area contributed by atoms with Crippen LogP contribution in [-0.2, 0) is 4.79 Å². The first-order valence-electron chi connectivity index (χ1n) is 7.37. The van der Waals surface area contributed by atoms with E-state index in [1.807, 2.05) is 0 Å². The fourth-order valence-electron chi connectivity index (χ4n) is 2.55. The molecule has 2 rings (SSSR count). The molecule has 1 aliphatic rings. The van der Waals surface area contributed by atoms with E-state index in [9.17, 15) is 4.79 Å². The van der Waals surface area contributed by atoms with Crippen molar-refractivity contribution in [3.63, 3.8) is 0 Å². The SMILES string of the molecule is Cc1ccc(SCCNC(=O)C2(N)CCCCC2)cc1.Cl. The Hall–Kier alpha value is -0.710. The molecule has 5 heteroatoms. The lowest BCUT2D eigenvalue weighted by Crippen LogP contribution is -2.55. The number of nitrogens with one attached hydrogen (secondary N) is 1. The van der Waals surface area contributed by atoms with E-state index in [2.05, 4.69) is 36.5 Å². The molecule has 0 saturated heterocycles. The van der Waals surface area contributed by atoms with E-state index in [-0.39, 0.29) is 18.3 Å². The van der Waals surface area contributed by atoms with Crippen LogP contribution in [0.3, 0.4) is 0 Å². The van der Waals surface area contributed by atoms with Crippen LogP contribution < -0.4 is 11.1 Å². The Morgan fingerprint density at radius 2 is 1.86 bits per heavy atom. The maximum atomic E-state index is 12.1. The molecule has 3 nitrogen and oxygen atoms in total. The molecular formula is C16H25ClN2OS. The van der Waals surface area contributed by atoms with Crippen molar-refractivity contribution < 1.29 is 4.79 Å². The summed E-state index contributed by atoms with van der Waals surface area (Å²) in [5.41, 5.74) is 6.84. The number of amides is 1. The van der Waals surface area contributed by atoms with E-state index in [1.54, 1.807) is 11.8 Å². The summed E-state index contributed by atoms with van der Waals surface area (Å²) >= 11 is 1.76. The van der Waals surface area contributed by atoms with Crippen LogP contribution in [0.5, 0.6) is 0 Å².